The van der Waals surface area contributed by atoms with Crippen LogP contribution in [0.2, 0.25) is 0 Å². The maximum absolute atomic E-state index is 13.3. The Hall–Kier alpha value is -4.01. The number of nitrogens with one attached hydrogen (secondary N) is 1. The van der Waals surface area contributed by atoms with E-state index in [4.69, 9.17) is 0 Å². The molecule has 1 atom stereocenters. The number of hydrogen-bond donors (Lipinski definition) is 1. The van der Waals surface area contributed by atoms with Crippen molar-refractivity contribution in [2.75, 3.05) is 11.4 Å². The van der Waals surface area contributed by atoms with Crippen molar-refractivity contribution in [3.8, 4) is 0 Å². The van der Waals surface area contributed by atoms with Gasteiger partial charge in [0.15, 0.2) is 5.82 Å². The van der Waals surface area contributed by atoms with Crippen molar-refractivity contribution in [1.82, 2.24) is 25.0 Å². The molecule has 2 aromatic carbocycles. The van der Waals surface area contributed by atoms with E-state index in [0.29, 0.717) is 22.6 Å². The number of nitrogens with zero attached hydrogens (tertiary/aromatic N) is 5. The molecular formula is C22H20N6O3. The summed E-state index contributed by atoms with van der Waals surface area (Å²) in [6, 6.07) is 14.4. The Bertz CT molecular complexity index is 1200. The van der Waals surface area contributed by atoms with Crippen LogP contribution in [0.15, 0.2) is 54.9 Å². The molecule has 9 nitrogen and oxygen atoms in total. The van der Waals surface area contributed by atoms with Gasteiger partial charge in [0, 0.05) is 31.1 Å². The number of carbonyl (C=O) groups is 3. The molecule has 156 valence electrons. The molecule has 2 aliphatic rings. The number of carbonyl (C=O) groups excluding carboxylic acids is 3. The van der Waals surface area contributed by atoms with Crippen molar-refractivity contribution in [1.29, 1.82) is 0 Å². The Morgan fingerprint density at radius 1 is 1.03 bits per heavy atom. The van der Waals surface area contributed by atoms with Gasteiger partial charge in [-0.3, -0.25) is 24.0 Å². The predicted molar refractivity (Wildman–Crippen MR) is 111 cm³/mol. The van der Waals surface area contributed by atoms with Gasteiger partial charge in [-0.25, -0.2) is 4.98 Å². The second-order valence-corrected chi connectivity index (χ2v) is 7.51. The molecule has 0 fully saturated rings. The van der Waals surface area contributed by atoms with Crippen LogP contribution >= 0.6 is 0 Å². The molecule has 31 heavy (non-hydrogen) atoms. The molecule has 0 radical (unpaired) electrons. The van der Waals surface area contributed by atoms with E-state index in [1.54, 1.807) is 52.1 Å². The van der Waals surface area contributed by atoms with Crippen LogP contribution in [0.4, 0.5) is 5.69 Å². The number of amides is 3. The zero-order valence-electron chi connectivity index (χ0n) is 16.9. The van der Waals surface area contributed by atoms with E-state index in [2.05, 4.69) is 15.4 Å². The maximum Gasteiger partial charge on any atom is 0.260 e. The highest BCUT2D eigenvalue weighted by Crippen LogP contribution is 2.45. The minimum absolute atomic E-state index is 0.0986. The predicted octanol–water partition coefficient (Wildman–Crippen LogP) is 1.64. The van der Waals surface area contributed by atoms with E-state index < -0.39 is 6.17 Å². The molecular weight excluding hydrogens is 396 g/mol. The van der Waals surface area contributed by atoms with Crippen molar-refractivity contribution in [2.24, 2.45) is 7.05 Å². The quantitative estimate of drug-likeness (QED) is 0.682. The normalized spacial score (nSPS) is 16.7. The first-order valence-electron chi connectivity index (χ1n) is 9.98. The smallest absolute Gasteiger partial charge is 0.260 e. The number of aromatic nitrogens is 3. The van der Waals surface area contributed by atoms with Crippen LogP contribution in [-0.4, -0.2) is 43.9 Å². The van der Waals surface area contributed by atoms with Crippen LogP contribution < -0.4 is 10.2 Å². The van der Waals surface area contributed by atoms with Gasteiger partial charge in [0.25, 0.3) is 11.8 Å². The molecule has 0 saturated heterocycles. The highest BCUT2D eigenvalue weighted by atomic mass is 16.2. The van der Waals surface area contributed by atoms with Gasteiger partial charge in [0.2, 0.25) is 5.91 Å². The highest BCUT2D eigenvalue weighted by molar-refractivity contribution is 6.16. The first-order valence-corrected chi connectivity index (χ1v) is 9.98. The van der Waals surface area contributed by atoms with Crippen molar-refractivity contribution in [3.05, 3.63) is 77.4 Å². The summed E-state index contributed by atoms with van der Waals surface area (Å²) >= 11 is 0. The van der Waals surface area contributed by atoms with Crippen molar-refractivity contribution < 1.29 is 14.4 Å². The molecule has 5 rings (SSSR count). The summed E-state index contributed by atoms with van der Waals surface area (Å²) in [5.74, 6) is -0.0413. The molecule has 3 heterocycles. The Morgan fingerprint density at radius 2 is 1.77 bits per heavy atom. The van der Waals surface area contributed by atoms with Gasteiger partial charge < -0.3 is 10.2 Å². The molecule has 0 saturated carbocycles. The molecule has 0 unspecified atom stereocenters. The van der Waals surface area contributed by atoms with Gasteiger partial charge in [-0.1, -0.05) is 30.3 Å². The molecule has 2 aliphatic heterocycles. The van der Waals surface area contributed by atoms with Crippen LogP contribution in [0.1, 0.15) is 44.7 Å². The summed E-state index contributed by atoms with van der Waals surface area (Å²) in [4.78, 5) is 46.2. The Labute approximate surface area is 178 Å². The fourth-order valence-electron chi connectivity index (χ4n) is 4.15. The van der Waals surface area contributed by atoms with Crippen molar-refractivity contribution >= 4 is 23.4 Å². The largest absolute Gasteiger partial charge is 0.349 e. The Morgan fingerprint density at radius 3 is 2.55 bits per heavy atom. The number of fused-ring (bicyclic) bond motifs is 5. The summed E-state index contributed by atoms with van der Waals surface area (Å²) in [5.41, 5.74) is 2.40. The number of rotatable bonds is 5. The molecule has 0 bridgehead atoms. The zero-order chi connectivity index (χ0) is 21.5. The first-order chi connectivity index (χ1) is 15.0. The Balaban J connectivity index is 1.39. The third-order valence-electron chi connectivity index (χ3n) is 5.55. The van der Waals surface area contributed by atoms with Crippen LogP contribution in [0.25, 0.3) is 0 Å². The van der Waals surface area contributed by atoms with Gasteiger partial charge in [0.05, 0.1) is 17.8 Å². The second kappa shape index (κ2) is 7.35. The van der Waals surface area contributed by atoms with Crippen LogP contribution in [0.5, 0.6) is 0 Å². The molecule has 3 aromatic rings. The summed E-state index contributed by atoms with van der Waals surface area (Å²) in [5, 5.41) is 6.91. The van der Waals surface area contributed by atoms with Crippen molar-refractivity contribution in [3.63, 3.8) is 0 Å². The lowest BCUT2D eigenvalue weighted by molar-refractivity contribution is -0.121. The van der Waals surface area contributed by atoms with E-state index in [1.807, 2.05) is 24.3 Å². The van der Waals surface area contributed by atoms with Crippen LogP contribution in [0, 0.1) is 0 Å². The average Bonchev–Trinajstić information content (AvgIpc) is 3.33. The topological polar surface area (TPSA) is 100 Å². The van der Waals surface area contributed by atoms with Gasteiger partial charge in [-0.05, 0) is 18.2 Å². The number of para-hydroxylation sites is 1. The first kappa shape index (κ1) is 19.0. The van der Waals surface area contributed by atoms with Gasteiger partial charge >= 0.3 is 0 Å². The van der Waals surface area contributed by atoms with E-state index in [1.165, 1.54) is 0 Å². The van der Waals surface area contributed by atoms with E-state index >= 15 is 0 Å². The van der Waals surface area contributed by atoms with Crippen LogP contribution in [-0.2, 0) is 18.4 Å². The lowest BCUT2D eigenvalue weighted by Crippen LogP contribution is -2.49. The van der Waals surface area contributed by atoms with Crippen LogP contribution in [0.3, 0.4) is 0 Å². The average molecular weight is 416 g/mol. The highest BCUT2D eigenvalue weighted by Gasteiger charge is 2.47. The van der Waals surface area contributed by atoms with Gasteiger partial charge in [0.1, 0.15) is 12.5 Å². The fraction of sp³-hybridized carbons (Fsp3) is 0.227. The molecule has 0 spiro atoms. The Kier molecular flexibility index (Phi) is 4.50. The van der Waals surface area contributed by atoms with E-state index in [9.17, 15) is 14.4 Å². The minimum Gasteiger partial charge on any atom is -0.349 e. The molecule has 9 heteroatoms. The number of hydrogen-bond acceptors (Lipinski definition) is 5. The molecule has 1 N–H and O–H groups in total. The van der Waals surface area contributed by atoms with Gasteiger partial charge in [-0.2, -0.15) is 5.10 Å². The lowest BCUT2D eigenvalue weighted by atomic mass is 10.0. The molecule has 3 amide bonds. The van der Waals surface area contributed by atoms with E-state index in [0.717, 1.165) is 5.56 Å². The maximum atomic E-state index is 13.3. The summed E-state index contributed by atoms with van der Waals surface area (Å²) < 4.78 is 1.56. The standard InChI is InChI=1S/C22H20N6O3/c1-26-13-24-18(25-26)12-23-19(29)10-11-27-20-14-6-2-3-7-15(14)22(31)28(20)17-9-5-4-8-16(17)21(27)30/h2-9,13,20H,10-12H2,1H3,(H,23,29)/t20-/m1/s1. The van der Waals surface area contributed by atoms with E-state index in [-0.39, 0.29) is 37.2 Å². The zero-order valence-corrected chi connectivity index (χ0v) is 16.9. The molecule has 0 aliphatic carbocycles. The van der Waals surface area contributed by atoms with Gasteiger partial charge in [-0.15, -0.1) is 0 Å². The monoisotopic (exact) mass is 416 g/mol. The van der Waals surface area contributed by atoms with Crippen molar-refractivity contribution in [2.45, 2.75) is 19.1 Å². The minimum atomic E-state index is -0.559. The number of benzene rings is 2. The summed E-state index contributed by atoms with van der Waals surface area (Å²) in [7, 11) is 1.75. The third kappa shape index (κ3) is 3.14. The SMILES string of the molecule is Cn1cnc(CNC(=O)CCN2C(=O)c3ccccc3N3C(=O)c4ccccc4[C@H]23)n1. The lowest BCUT2D eigenvalue weighted by Gasteiger charge is -2.40. The second-order valence-electron chi connectivity index (χ2n) is 7.51. The summed E-state index contributed by atoms with van der Waals surface area (Å²) in [6.45, 7) is 0.394. The fourth-order valence-corrected chi connectivity index (χ4v) is 4.15. The summed E-state index contributed by atoms with van der Waals surface area (Å²) in [6.07, 6.45) is 1.10. The third-order valence-corrected chi connectivity index (χ3v) is 5.55. The molecule has 1 aromatic heterocycles. The number of anilines is 1. The number of aryl methyl sites for hydroxylation is 1.